The maximum absolute atomic E-state index is 13.7. The third-order valence-corrected chi connectivity index (χ3v) is 4.86. The van der Waals surface area contributed by atoms with Gasteiger partial charge in [-0.3, -0.25) is 0 Å². The highest BCUT2D eigenvalue weighted by Crippen LogP contribution is 2.38. The molecule has 2 aliphatic carbocycles. The maximum Gasteiger partial charge on any atom is 0.126 e. The minimum Gasteiger partial charge on any atom is -0.307 e. The van der Waals surface area contributed by atoms with Crippen molar-refractivity contribution < 1.29 is 4.39 Å². The highest BCUT2D eigenvalue weighted by Gasteiger charge is 2.31. The van der Waals surface area contributed by atoms with Crippen molar-refractivity contribution in [3.8, 4) is 0 Å². The van der Waals surface area contributed by atoms with Crippen LogP contribution in [0.4, 0.5) is 4.39 Å². The van der Waals surface area contributed by atoms with E-state index in [-0.39, 0.29) is 5.82 Å². The van der Waals surface area contributed by atoms with Gasteiger partial charge in [0.15, 0.2) is 0 Å². The highest BCUT2D eigenvalue weighted by atomic mass is 19.1. The van der Waals surface area contributed by atoms with E-state index >= 15 is 0 Å². The van der Waals surface area contributed by atoms with Crippen molar-refractivity contribution in [2.24, 2.45) is 5.41 Å². The fourth-order valence-corrected chi connectivity index (χ4v) is 3.91. The van der Waals surface area contributed by atoms with E-state index in [1.54, 1.807) is 6.07 Å². The van der Waals surface area contributed by atoms with Gasteiger partial charge < -0.3 is 5.32 Å². The number of fused-ring (bicyclic) bond motifs is 1. The molecule has 1 nitrogen and oxygen atoms in total. The average molecular weight is 261 g/mol. The molecule has 3 rings (SSSR count). The van der Waals surface area contributed by atoms with Gasteiger partial charge in [0.2, 0.25) is 0 Å². The van der Waals surface area contributed by atoms with E-state index in [0.717, 1.165) is 18.4 Å². The second kappa shape index (κ2) is 4.90. The van der Waals surface area contributed by atoms with E-state index in [0.29, 0.717) is 17.5 Å². The highest BCUT2D eigenvalue weighted by molar-refractivity contribution is 5.35. The molecule has 2 atom stereocenters. The van der Waals surface area contributed by atoms with Crippen molar-refractivity contribution in [1.29, 1.82) is 0 Å². The van der Waals surface area contributed by atoms with Gasteiger partial charge in [-0.2, -0.15) is 0 Å². The van der Waals surface area contributed by atoms with Crippen molar-refractivity contribution in [2.45, 2.75) is 64.5 Å². The van der Waals surface area contributed by atoms with E-state index in [4.69, 9.17) is 0 Å². The molecule has 1 fully saturated rings. The fourth-order valence-electron chi connectivity index (χ4n) is 3.91. The first-order chi connectivity index (χ1) is 9.05. The van der Waals surface area contributed by atoms with E-state index in [1.165, 1.54) is 31.2 Å². The maximum atomic E-state index is 13.7. The Hall–Kier alpha value is -0.890. The second-order valence-electron chi connectivity index (χ2n) is 7.02. The lowest BCUT2D eigenvalue weighted by molar-refractivity contribution is 0.189. The smallest absolute Gasteiger partial charge is 0.126 e. The molecule has 0 heterocycles. The first-order valence-corrected chi connectivity index (χ1v) is 7.58. The summed E-state index contributed by atoms with van der Waals surface area (Å²) in [5, 5.41) is 3.79. The number of hydrogen-bond donors (Lipinski definition) is 1. The Morgan fingerprint density at radius 1 is 1.26 bits per heavy atom. The van der Waals surface area contributed by atoms with Gasteiger partial charge in [0, 0.05) is 12.1 Å². The third kappa shape index (κ3) is 2.69. The Balaban J connectivity index is 1.71. The molecule has 0 radical (unpaired) electrons. The summed E-state index contributed by atoms with van der Waals surface area (Å²) < 4.78 is 13.7. The zero-order valence-electron chi connectivity index (χ0n) is 12.0. The van der Waals surface area contributed by atoms with Crippen LogP contribution in [0.1, 0.15) is 63.1 Å². The monoisotopic (exact) mass is 261 g/mol. The Kier molecular flexibility index (Phi) is 3.38. The Labute approximate surface area is 115 Å². The molecule has 1 N–H and O–H groups in total. The molecule has 2 unspecified atom stereocenters. The summed E-state index contributed by atoms with van der Waals surface area (Å²) >= 11 is 0. The lowest BCUT2D eigenvalue weighted by Crippen LogP contribution is -2.38. The van der Waals surface area contributed by atoms with Crippen LogP contribution in [0.5, 0.6) is 0 Å². The number of rotatable bonds is 2. The normalized spacial score (nSPS) is 29.2. The van der Waals surface area contributed by atoms with E-state index in [1.807, 2.05) is 6.07 Å². The van der Waals surface area contributed by atoms with E-state index < -0.39 is 0 Å². The summed E-state index contributed by atoms with van der Waals surface area (Å²) in [5.41, 5.74) is 2.60. The second-order valence-corrected chi connectivity index (χ2v) is 7.02. The van der Waals surface area contributed by atoms with Gasteiger partial charge >= 0.3 is 0 Å². The minimum absolute atomic E-state index is 0.0224. The summed E-state index contributed by atoms with van der Waals surface area (Å²) in [5.74, 6) is -0.0224. The standard InChI is InChI=1S/C17H24FN/c1-17(2)10-4-5-12(11-17)19-16-9-8-13-14(16)6-3-7-15(13)18/h3,6-7,12,16,19H,4-5,8-11H2,1-2H3. The fraction of sp³-hybridized carbons (Fsp3) is 0.647. The van der Waals surface area contributed by atoms with Crippen molar-refractivity contribution in [3.63, 3.8) is 0 Å². The zero-order chi connectivity index (χ0) is 13.5. The number of benzene rings is 1. The molecule has 2 heteroatoms. The molecule has 19 heavy (non-hydrogen) atoms. The molecule has 104 valence electrons. The quantitative estimate of drug-likeness (QED) is 0.833. The molecule has 0 amide bonds. The summed E-state index contributed by atoms with van der Waals surface area (Å²) in [4.78, 5) is 0. The Morgan fingerprint density at radius 2 is 2.11 bits per heavy atom. The molecule has 0 aromatic heterocycles. The van der Waals surface area contributed by atoms with Crippen LogP contribution in [0.2, 0.25) is 0 Å². The van der Waals surface area contributed by atoms with Gasteiger partial charge in [-0.25, -0.2) is 4.39 Å². The van der Waals surface area contributed by atoms with Crippen LogP contribution in [-0.2, 0) is 6.42 Å². The Bertz CT molecular complexity index is 466. The van der Waals surface area contributed by atoms with Crippen molar-refractivity contribution in [3.05, 3.63) is 35.1 Å². The van der Waals surface area contributed by atoms with Crippen LogP contribution in [0.15, 0.2) is 18.2 Å². The van der Waals surface area contributed by atoms with Gasteiger partial charge in [-0.15, -0.1) is 0 Å². The molecule has 1 aromatic rings. The van der Waals surface area contributed by atoms with Gasteiger partial charge in [0.05, 0.1) is 0 Å². The van der Waals surface area contributed by atoms with Crippen LogP contribution >= 0.6 is 0 Å². The van der Waals surface area contributed by atoms with Gasteiger partial charge in [0.25, 0.3) is 0 Å². The molecule has 0 saturated heterocycles. The zero-order valence-corrected chi connectivity index (χ0v) is 12.0. The van der Waals surface area contributed by atoms with Gasteiger partial charge in [-0.1, -0.05) is 32.4 Å². The molecule has 1 aromatic carbocycles. The topological polar surface area (TPSA) is 12.0 Å². The lowest BCUT2D eigenvalue weighted by atomic mass is 9.75. The predicted octanol–water partition coefficient (Wildman–Crippen LogP) is 4.37. The van der Waals surface area contributed by atoms with Crippen LogP contribution in [-0.4, -0.2) is 6.04 Å². The molecular weight excluding hydrogens is 237 g/mol. The van der Waals surface area contributed by atoms with Crippen LogP contribution in [0.25, 0.3) is 0 Å². The van der Waals surface area contributed by atoms with Gasteiger partial charge in [0.1, 0.15) is 5.82 Å². The van der Waals surface area contributed by atoms with Crippen LogP contribution in [0.3, 0.4) is 0 Å². The summed E-state index contributed by atoms with van der Waals surface area (Å²) in [7, 11) is 0. The minimum atomic E-state index is -0.0224. The first-order valence-electron chi connectivity index (χ1n) is 7.58. The Morgan fingerprint density at radius 3 is 2.89 bits per heavy atom. The summed E-state index contributed by atoms with van der Waals surface area (Å²) in [6.07, 6.45) is 7.09. The molecule has 1 saturated carbocycles. The van der Waals surface area contributed by atoms with E-state index in [9.17, 15) is 4.39 Å². The third-order valence-electron chi connectivity index (χ3n) is 4.86. The van der Waals surface area contributed by atoms with Crippen molar-refractivity contribution in [2.75, 3.05) is 0 Å². The van der Waals surface area contributed by atoms with Crippen molar-refractivity contribution >= 4 is 0 Å². The molecule has 0 aliphatic heterocycles. The summed E-state index contributed by atoms with van der Waals surface area (Å²) in [6, 6.07) is 6.49. The number of hydrogen-bond acceptors (Lipinski definition) is 1. The largest absolute Gasteiger partial charge is 0.307 e. The molecule has 0 spiro atoms. The van der Waals surface area contributed by atoms with Gasteiger partial charge in [-0.05, 0) is 54.7 Å². The van der Waals surface area contributed by atoms with Crippen molar-refractivity contribution in [1.82, 2.24) is 5.32 Å². The number of nitrogens with one attached hydrogen (secondary N) is 1. The van der Waals surface area contributed by atoms with Crippen LogP contribution < -0.4 is 5.32 Å². The number of halogens is 1. The lowest BCUT2D eigenvalue weighted by Gasteiger charge is -2.37. The van der Waals surface area contributed by atoms with E-state index in [2.05, 4.69) is 25.2 Å². The predicted molar refractivity (Wildman–Crippen MR) is 76.6 cm³/mol. The van der Waals surface area contributed by atoms with Crippen LogP contribution in [0, 0.1) is 11.2 Å². The molecular formula is C17H24FN. The summed E-state index contributed by atoms with van der Waals surface area (Å²) in [6.45, 7) is 4.73. The molecule has 0 bridgehead atoms. The SMILES string of the molecule is CC1(C)CCCC(NC2CCc3c(F)cccc32)C1. The first kappa shape index (κ1) is 13.1. The molecule has 2 aliphatic rings. The average Bonchev–Trinajstić information content (AvgIpc) is 2.73.